The van der Waals surface area contributed by atoms with Crippen molar-refractivity contribution in [1.82, 2.24) is 4.98 Å². The maximum absolute atomic E-state index is 6.14. The average molecular weight is 298 g/mol. The molecule has 1 aromatic heterocycles. The van der Waals surface area contributed by atoms with Gasteiger partial charge in [0, 0.05) is 15.7 Å². The molecule has 2 rings (SSSR count). The summed E-state index contributed by atoms with van der Waals surface area (Å²) < 4.78 is 0.891. The Hall–Kier alpha value is -0.900. The topological polar surface area (TPSA) is 38.9 Å². The van der Waals surface area contributed by atoms with Crippen LogP contribution >= 0.6 is 27.5 Å². The van der Waals surface area contributed by atoms with Gasteiger partial charge >= 0.3 is 0 Å². The number of aromatic nitrogens is 1. The minimum absolute atomic E-state index is 0.315. The van der Waals surface area contributed by atoms with Crippen LogP contribution in [-0.2, 0) is 0 Å². The number of halogens is 2. The van der Waals surface area contributed by atoms with Gasteiger partial charge in [-0.1, -0.05) is 29.8 Å². The molecule has 4 heteroatoms. The number of benzene rings is 1. The molecule has 82 valence electrons. The van der Waals surface area contributed by atoms with Crippen molar-refractivity contribution < 1.29 is 0 Å². The first-order valence-electron chi connectivity index (χ1n) is 4.80. The summed E-state index contributed by atoms with van der Waals surface area (Å²) in [5, 5.41) is 0.660. The Balaban J connectivity index is 2.44. The van der Waals surface area contributed by atoms with Crippen LogP contribution in [0.2, 0.25) is 5.02 Å². The highest BCUT2D eigenvalue weighted by molar-refractivity contribution is 9.10. The highest BCUT2D eigenvalue weighted by Gasteiger charge is 2.15. The van der Waals surface area contributed by atoms with E-state index in [1.54, 1.807) is 6.20 Å². The van der Waals surface area contributed by atoms with Gasteiger partial charge in [-0.05, 0) is 39.7 Å². The van der Waals surface area contributed by atoms with Gasteiger partial charge in [0.25, 0.3) is 0 Å². The zero-order valence-electron chi connectivity index (χ0n) is 8.40. The fourth-order valence-corrected chi connectivity index (χ4v) is 2.26. The van der Waals surface area contributed by atoms with Crippen molar-refractivity contribution in [2.24, 2.45) is 5.73 Å². The minimum atomic E-state index is -0.315. The maximum atomic E-state index is 6.14. The number of nitrogens with zero attached hydrogens (tertiary/aromatic N) is 1. The van der Waals surface area contributed by atoms with Crippen molar-refractivity contribution >= 4 is 27.5 Å². The molecule has 0 spiro atoms. The third-order valence-electron chi connectivity index (χ3n) is 2.32. The van der Waals surface area contributed by atoms with E-state index in [0.29, 0.717) is 5.02 Å². The molecule has 0 amide bonds. The second-order valence-corrected chi connectivity index (χ2v) is 4.63. The van der Waals surface area contributed by atoms with Crippen molar-refractivity contribution in [3.63, 3.8) is 0 Å². The monoisotopic (exact) mass is 296 g/mol. The quantitative estimate of drug-likeness (QED) is 0.921. The maximum Gasteiger partial charge on any atom is 0.0758 e. The molecular formula is C12H10BrClN2. The van der Waals surface area contributed by atoms with Crippen LogP contribution in [0.3, 0.4) is 0 Å². The fraction of sp³-hybridized carbons (Fsp3) is 0.0833. The molecule has 0 bridgehead atoms. The number of hydrogen-bond donors (Lipinski definition) is 1. The van der Waals surface area contributed by atoms with Gasteiger partial charge < -0.3 is 5.73 Å². The molecule has 2 N–H and O–H groups in total. The van der Waals surface area contributed by atoms with E-state index in [9.17, 15) is 0 Å². The van der Waals surface area contributed by atoms with Gasteiger partial charge in [-0.15, -0.1) is 0 Å². The lowest BCUT2D eigenvalue weighted by Crippen LogP contribution is -2.14. The lowest BCUT2D eigenvalue weighted by Gasteiger charge is -2.14. The predicted molar refractivity (Wildman–Crippen MR) is 69.4 cm³/mol. The van der Waals surface area contributed by atoms with E-state index in [0.717, 1.165) is 15.7 Å². The van der Waals surface area contributed by atoms with E-state index in [2.05, 4.69) is 20.9 Å². The normalized spacial score (nSPS) is 12.4. The Bertz CT molecular complexity index is 456. The molecule has 1 atom stereocenters. The SMILES string of the molecule is NC(c1ccccc1Cl)c1ncccc1Br. The zero-order valence-corrected chi connectivity index (χ0v) is 10.7. The second kappa shape index (κ2) is 4.95. The number of nitrogens with two attached hydrogens (primary N) is 1. The number of rotatable bonds is 2. The number of pyridine rings is 1. The van der Waals surface area contributed by atoms with Crippen LogP contribution in [0, 0.1) is 0 Å². The van der Waals surface area contributed by atoms with Gasteiger partial charge in [0.15, 0.2) is 0 Å². The van der Waals surface area contributed by atoms with Crippen molar-refractivity contribution in [2.75, 3.05) is 0 Å². The van der Waals surface area contributed by atoms with E-state index in [1.165, 1.54) is 0 Å². The molecule has 0 aliphatic carbocycles. The highest BCUT2D eigenvalue weighted by Crippen LogP contribution is 2.28. The largest absolute Gasteiger partial charge is 0.319 e. The fourth-order valence-electron chi connectivity index (χ4n) is 1.50. The van der Waals surface area contributed by atoms with E-state index in [-0.39, 0.29) is 6.04 Å². The molecule has 0 radical (unpaired) electrons. The summed E-state index contributed by atoms with van der Waals surface area (Å²) in [5.41, 5.74) is 7.81. The Morgan fingerprint density at radius 1 is 1.19 bits per heavy atom. The Kier molecular flexibility index (Phi) is 3.59. The third-order valence-corrected chi connectivity index (χ3v) is 3.34. The molecular weight excluding hydrogens is 288 g/mol. The first-order chi connectivity index (χ1) is 7.70. The third kappa shape index (κ3) is 2.26. The second-order valence-electron chi connectivity index (χ2n) is 3.37. The predicted octanol–water partition coefficient (Wildman–Crippen LogP) is 3.55. The summed E-state index contributed by atoms with van der Waals surface area (Å²) >= 11 is 9.53. The van der Waals surface area contributed by atoms with E-state index < -0.39 is 0 Å². The first-order valence-corrected chi connectivity index (χ1v) is 5.97. The van der Waals surface area contributed by atoms with Crippen LogP contribution in [0.5, 0.6) is 0 Å². The van der Waals surface area contributed by atoms with Gasteiger partial charge in [-0.25, -0.2) is 0 Å². The van der Waals surface area contributed by atoms with Crippen LogP contribution in [0.25, 0.3) is 0 Å². The Labute approximate surface area is 108 Å². The molecule has 1 unspecified atom stereocenters. The van der Waals surface area contributed by atoms with Crippen LogP contribution in [-0.4, -0.2) is 4.98 Å². The lowest BCUT2D eigenvalue weighted by molar-refractivity contribution is 0.822. The van der Waals surface area contributed by atoms with Gasteiger partial charge in [-0.2, -0.15) is 0 Å². The summed E-state index contributed by atoms with van der Waals surface area (Å²) in [4.78, 5) is 4.27. The summed E-state index contributed by atoms with van der Waals surface area (Å²) in [7, 11) is 0. The molecule has 0 fully saturated rings. The van der Waals surface area contributed by atoms with Gasteiger partial charge in [-0.3, -0.25) is 4.98 Å². The standard InChI is InChI=1S/C12H10BrClN2/c13-9-5-3-7-16-12(9)11(15)8-4-1-2-6-10(8)14/h1-7,11H,15H2. The molecule has 1 aromatic carbocycles. The summed E-state index contributed by atoms with van der Waals surface area (Å²) in [5.74, 6) is 0. The van der Waals surface area contributed by atoms with Crippen LogP contribution in [0.1, 0.15) is 17.3 Å². The van der Waals surface area contributed by atoms with Gasteiger partial charge in [0.05, 0.1) is 11.7 Å². The van der Waals surface area contributed by atoms with Gasteiger partial charge in [0.2, 0.25) is 0 Å². The molecule has 0 aliphatic rings. The summed E-state index contributed by atoms with van der Waals surface area (Å²) in [6.07, 6.45) is 1.72. The molecule has 1 heterocycles. The summed E-state index contributed by atoms with van der Waals surface area (Å²) in [6.45, 7) is 0. The van der Waals surface area contributed by atoms with Crippen molar-refractivity contribution in [3.8, 4) is 0 Å². The molecule has 0 aliphatic heterocycles. The molecule has 2 nitrogen and oxygen atoms in total. The molecule has 16 heavy (non-hydrogen) atoms. The zero-order chi connectivity index (χ0) is 11.5. The highest BCUT2D eigenvalue weighted by atomic mass is 79.9. The van der Waals surface area contributed by atoms with E-state index in [1.807, 2.05) is 36.4 Å². The smallest absolute Gasteiger partial charge is 0.0758 e. The average Bonchev–Trinajstić information content (AvgIpc) is 2.29. The first kappa shape index (κ1) is 11.6. The van der Waals surface area contributed by atoms with E-state index >= 15 is 0 Å². The minimum Gasteiger partial charge on any atom is -0.319 e. The molecule has 0 saturated carbocycles. The van der Waals surface area contributed by atoms with Crippen molar-refractivity contribution in [1.29, 1.82) is 0 Å². The molecule has 0 saturated heterocycles. The molecule has 2 aromatic rings. The van der Waals surface area contributed by atoms with Crippen molar-refractivity contribution in [3.05, 3.63) is 63.3 Å². The van der Waals surface area contributed by atoms with Crippen LogP contribution in [0.4, 0.5) is 0 Å². The van der Waals surface area contributed by atoms with E-state index in [4.69, 9.17) is 17.3 Å². The van der Waals surface area contributed by atoms with Crippen LogP contribution in [0.15, 0.2) is 47.1 Å². The van der Waals surface area contributed by atoms with Crippen LogP contribution < -0.4 is 5.73 Å². The Morgan fingerprint density at radius 3 is 2.62 bits per heavy atom. The lowest BCUT2D eigenvalue weighted by atomic mass is 10.0. The Morgan fingerprint density at radius 2 is 1.94 bits per heavy atom. The van der Waals surface area contributed by atoms with Gasteiger partial charge in [0.1, 0.15) is 0 Å². The number of hydrogen-bond acceptors (Lipinski definition) is 2. The van der Waals surface area contributed by atoms with Crippen molar-refractivity contribution in [2.45, 2.75) is 6.04 Å². The summed E-state index contributed by atoms with van der Waals surface area (Å²) in [6, 6.07) is 11.0.